The summed E-state index contributed by atoms with van der Waals surface area (Å²) in [6.45, 7) is 8.15. The Hall–Kier alpha value is -3.12. The number of rotatable bonds is 3. The van der Waals surface area contributed by atoms with Gasteiger partial charge >= 0.3 is 0 Å². The molecule has 2 heterocycles. The average Bonchev–Trinajstić information content (AvgIpc) is 2.73. The topological polar surface area (TPSA) is 75.4 Å². The van der Waals surface area contributed by atoms with Crippen LogP contribution in [0.25, 0.3) is 22.0 Å². The lowest BCUT2D eigenvalue weighted by Gasteiger charge is -2.35. The first-order valence-corrected chi connectivity index (χ1v) is 9.84. The summed E-state index contributed by atoms with van der Waals surface area (Å²) >= 11 is 6.57. The van der Waals surface area contributed by atoms with Gasteiger partial charge < -0.3 is 15.5 Å². The summed E-state index contributed by atoms with van der Waals surface area (Å²) in [6, 6.07) is 12.1. The molecule has 1 amide bonds. The molecule has 4 rings (SSSR count). The predicted octanol–water partition coefficient (Wildman–Crippen LogP) is 3.68. The SMILES string of the molecule is C=CC(=O)N1CCN(c2nc(N)nc3cc(Cl)c(-c4ccc(C)cc4)cc23)CC1. The third kappa shape index (κ3) is 3.76. The zero-order valence-electron chi connectivity index (χ0n) is 16.2. The van der Waals surface area contributed by atoms with E-state index in [-0.39, 0.29) is 11.9 Å². The summed E-state index contributed by atoms with van der Waals surface area (Å²) in [5, 5.41) is 1.51. The highest BCUT2D eigenvalue weighted by molar-refractivity contribution is 6.34. The van der Waals surface area contributed by atoms with Crippen LogP contribution >= 0.6 is 11.6 Å². The second-order valence-corrected chi connectivity index (χ2v) is 7.54. The van der Waals surface area contributed by atoms with Gasteiger partial charge in [-0.05, 0) is 30.7 Å². The number of aromatic nitrogens is 2. The molecule has 3 aromatic rings. The molecule has 1 fully saturated rings. The first-order chi connectivity index (χ1) is 14.0. The fourth-order valence-corrected chi connectivity index (χ4v) is 3.88. The van der Waals surface area contributed by atoms with Gasteiger partial charge in [0.15, 0.2) is 0 Å². The summed E-state index contributed by atoms with van der Waals surface area (Å²) in [6.07, 6.45) is 1.35. The Bertz CT molecular complexity index is 1090. The molecule has 29 heavy (non-hydrogen) atoms. The molecule has 148 valence electrons. The van der Waals surface area contributed by atoms with Gasteiger partial charge in [0.1, 0.15) is 5.82 Å². The van der Waals surface area contributed by atoms with Crippen molar-refractivity contribution in [3.63, 3.8) is 0 Å². The van der Waals surface area contributed by atoms with E-state index in [4.69, 9.17) is 17.3 Å². The van der Waals surface area contributed by atoms with E-state index in [0.29, 0.717) is 36.7 Å². The number of halogens is 1. The maximum absolute atomic E-state index is 11.9. The van der Waals surface area contributed by atoms with Crippen LogP contribution in [0.2, 0.25) is 5.02 Å². The van der Waals surface area contributed by atoms with Crippen molar-refractivity contribution in [2.75, 3.05) is 36.8 Å². The second-order valence-electron chi connectivity index (χ2n) is 7.14. The zero-order chi connectivity index (χ0) is 20.5. The Morgan fingerprint density at radius 1 is 1.14 bits per heavy atom. The van der Waals surface area contributed by atoms with Crippen molar-refractivity contribution in [2.45, 2.75) is 6.92 Å². The van der Waals surface area contributed by atoms with Crippen molar-refractivity contribution in [3.05, 3.63) is 59.6 Å². The average molecular weight is 408 g/mol. The minimum absolute atomic E-state index is 0.0508. The number of piperazine rings is 1. The van der Waals surface area contributed by atoms with Gasteiger partial charge in [-0.2, -0.15) is 4.98 Å². The van der Waals surface area contributed by atoms with Crippen molar-refractivity contribution in [2.24, 2.45) is 0 Å². The van der Waals surface area contributed by atoms with E-state index in [1.165, 1.54) is 11.6 Å². The number of benzene rings is 2. The number of carbonyl (C=O) groups excluding carboxylic acids is 1. The van der Waals surface area contributed by atoms with Crippen LogP contribution < -0.4 is 10.6 Å². The van der Waals surface area contributed by atoms with Crippen LogP contribution in [0.5, 0.6) is 0 Å². The summed E-state index contributed by atoms with van der Waals surface area (Å²) in [4.78, 5) is 24.7. The first-order valence-electron chi connectivity index (χ1n) is 9.46. The Balaban J connectivity index is 1.76. The molecule has 0 saturated carbocycles. The molecule has 0 spiro atoms. The van der Waals surface area contributed by atoms with E-state index in [2.05, 4.69) is 52.6 Å². The summed E-state index contributed by atoms with van der Waals surface area (Å²) in [7, 11) is 0. The van der Waals surface area contributed by atoms with Gasteiger partial charge in [0.25, 0.3) is 0 Å². The van der Waals surface area contributed by atoms with Crippen molar-refractivity contribution in [1.29, 1.82) is 0 Å². The molecule has 6 nitrogen and oxygen atoms in total. The number of carbonyl (C=O) groups is 1. The van der Waals surface area contributed by atoms with Crippen molar-refractivity contribution in [3.8, 4) is 11.1 Å². The molecule has 0 atom stereocenters. The molecule has 0 aliphatic carbocycles. The van der Waals surface area contributed by atoms with Gasteiger partial charge in [-0.25, -0.2) is 4.98 Å². The molecular formula is C22H22ClN5O. The van der Waals surface area contributed by atoms with E-state index >= 15 is 0 Å². The van der Waals surface area contributed by atoms with Gasteiger partial charge in [0.05, 0.1) is 10.5 Å². The first kappa shape index (κ1) is 19.2. The largest absolute Gasteiger partial charge is 0.368 e. The fraction of sp³-hybridized carbons (Fsp3) is 0.227. The molecule has 0 unspecified atom stereocenters. The second kappa shape index (κ2) is 7.72. The van der Waals surface area contributed by atoms with Crippen LogP contribution in [0.3, 0.4) is 0 Å². The third-order valence-electron chi connectivity index (χ3n) is 5.21. The molecule has 0 radical (unpaired) electrons. The Morgan fingerprint density at radius 3 is 2.48 bits per heavy atom. The van der Waals surface area contributed by atoms with E-state index in [0.717, 1.165) is 22.3 Å². The van der Waals surface area contributed by atoms with Crippen LogP contribution in [-0.4, -0.2) is 47.0 Å². The lowest BCUT2D eigenvalue weighted by Crippen LogP contribution is -2.48. The van der Waals surface area contributed by atoms with E-state index in [1.54, 1.807) is 4.90 Å². The number of amides is 1. The number of nitrogens with zero attached hydrogens (tertiary/aromatic N) is 4. The Labute approximate surface area is 174 Å². The van der Waals surface area contributed by atoms with Crippen LogP contribution in [0.1, 0.15) is 5.56 Å². The van der Waals surface area contributed by atoms with Crippen molar-refractivity contribution >= 4 is 40.2 Å². The smallest absolute Gasteiger partial charge is 0.246 e. The third-order valence-corrected chi connectivity index (χ3v) is 5.52. The van der Waals surface area contributed by atoms with Crippen LogP contribution in [-0.2, 0) is 4.79 Å². The standard InChI is InChI=1S/C22H22ClN5O/c1-3-20(29)27-8-10-28(11-9-27)21-17-12-16(15-6-4-14(2)5-7-15)18(23)13-19(17)25-22(24)26-21/h3-7,12-13H,1,8-11H2,2H3,(H2,24,25,26). The Kier molecular flexibility index (Phi) is 5.11. The summed E-state index contributed by atoms with van der Waals surface area (Å²) < 4.78 is 0. The maximum Gasteiger partial charge on any atom is 0.246 e. The summed E-state index contributed by atoms with van der Waals surface area (Å²) in [5.74, 6) is 0.921. The molecule has 1 aliphatic heterocycles. The molecule has 1 saturated heterocycles. The molecule has 2 N–H and O–H groups in total. The zero-order valence-corrected chi connectivity index (χ0v) is 17.0. The highest BCUT2D eigenvalue weighted by Crippen LogP contribution is 2.35. The fourth-order valence-electron chi connectivity index (χ4n) is 3.61. The van der Waals surface area contributed by atoms with E-state index in [1.807, 2.05) is 12.1 Å². The molecular weight excluding hydrogens is 386 g/mol. The number of nitrogens with two attached hydrogens (primary N) is 1. The van der Waals surface area contributed by atoms with Gasteiger partial charge in [-0.3, -0.25) is 4.79 Å². The minimum atomic E-state index is -0.0508. The van der Waals surface area contributed by atoms with Gasteiger partial charge in [-0.1, -0.05) is 48.0 Å². The number of nitrogen functional groups attached to an aromatic ring is 1. The van der Waals surface area contributed by atoms with Crippen LogP contribution in [0.15, 0.2) is 49.1 Å². The highest BCUT2D eigenvalue weighted by atomic mass is 35.5. The predicted molar refractivity (Wildman–Crippen MR) is 118 cm³/mol. The number of fused-ring (bicyclic) bond motifs is 1. The minimum Gasteiger partial charge on any atom is -0.368 e. The van der Waals surface area contributed by atoms with Gasteiger partial charge in [0, 0.05) is 37.1 Å². The van der Waals surface area contributed by atoms with Crippen LogP contribution in [0, 0.1) is 6.92 Å². The highest BCUT2D eigenvalue weighted by Gasteiger charge is 2.23. The number of aryl methyl sites for hydroxylation is 1. The van der Waals surface area contributed by atoms with Crippen LogP contribution in [0.4, 0.5) is 11.8 Å². The monoisotopic (exact) mass is 407 g/mol. The molecule has 0 bridgehead atoms. The number of hydrogen-bond acceptors (Lipinski definition) is 5. The normalized spacial score (nSPS) is 14.3. The number of anilines is 2. The lowest BCUT2D eigenvalue weighted by molar-refractivity contribution is -0.126. The van der Waals surface area contributed by atoms with Crippen molar-refractivity contribution < 1.29 is 4.79 Å². The van der Waals surface area contributed by atoms with Gasteiger partial charge in [-0.15, -0.1) is 0 Å². The molecule has 1 aliphatic rings. The van der Waals surface area contributed by atoms with E-state index < -0.39 is 0 Å². The quantitative estimate of drug-likeness (QED) is 0.670. The Morgan fingerprint density at radius 2 is 1.83 bits per heavy atom. The lowest BCUT2D eigenvalue weighted by atomic mass is 10.0. The van der Waals surface area contributed by atoms with E-state index in [9.17, 15) is 4.79 Å². The molecule has 2 aromatic carbocycles. The maximum atomic E-state index is 11.9. The number of hydrogen-bond donors (Lipinski definition) is 1. The molecule has 7 heteroatoms. The summed E-state index contributed by atoms with van der Waals surface area (Å²) in [5.41, 5.74) is 9.83. The van der Waals surface area contributed by atoms with Crippen molar-refractivity contribution in [1.82, 2.24) is 14.9 Å². The molecule has 1 aromatic heterocycles. The van der Waals surface area contributed by atoms with Gasteiger partial charge in [0.2, 0.25) is 11.9 Å².